The van der Waals surface area contributed by atoms with Gasteiger partial charge in [-0.2, -0.15) is 0 Å². The summed E-state index contributed by atoms with van der Waals surface area (Å²) < 4.78 is 0. The molecule has 1 aliphatic heterocycles. The SMILES string of the molecule is CN(c1ccccc1)c1cc(C(=O)N2CCCCC2)nc(-c2ccccc2)n1. The molecule has 5 nitrogen and oxygen atoms in total. The second-order valence-corrected chi connectivity index (χ2v) is 7.05. The monoisotopic (exact) mass is 372 g/mol. The van der Waals surface area contributed by atoms with Crippen molar-refractivity contribution >= 4 is 17.4 Å². The largest absolute Gasteiger partial charge is 0.337 e. The van der Waals surface area contributed by atoms with Gasteiger partial charge in [-0.15, -0.1) is 0 Å². The number of rotatable bonds is 4. The Balaban J connectivity index is 1.76. The third-order valence-electron chi connectivity index (χ3n) is 5.09. The predicted molar refractivity (Wildman–Crippen MR) is 112 cm³/mol. The van der Waals surface area contributed by atoms with Crippen LogP contribution in [0.5, 0.6) is 0 Å². The zero-order valence-electron chi connectivity index (χ0n) is 16.1. The Hall–Kier alpha value is -3.21. The van der Waals surface area contributed by atoms with Crippen LogP contribution in [0.3, 0.4) is 0 Å². The van der Waals surface area contributed by atoms with Crippen molar-refractivity contribution in [1.29, 1.82) is 0 Å². The van der Waals surface area contributed by atoms with Crippen molar-refractivity contribution in [2.45, 2.75) is 19.3 Å². The number of aromatic nitrogens is 2. The van der Waals surface area contributed by atoms with E-state index in [4.69, 9.17) is 4.98 Å². The fourth-order valence-corrected chi connectivity index (χ4v) is 3.48. The van der Waals surface area contributed by atoms with Crippen LogP contribution in [0, 0.1) is 0 Å². The van der Waals surface area contributed by atoms with E-state index < -0.39 is 0 Å². The first-order chi connectivity index (χ1) is 13.7. The van der Waals surface area contributed by atoms with Gasteiger partial charge >= 0.3 is 0 Å². The lowest BCUT2D eigenvalue weighted by Crippen LogP contribution is -2.36. The Morgan fingerprint density at radius 1 is 0.893 bits per heavy atom. The quantitative estimate of drug-likeness (QED) is 0.675. The Morgan fingerprint density at radius 2 is 1.54 bits per heavy atom. The maximum atomic E-state index is 13.1. The van der Waals surface area contributed by atoms with Crippen LogP contribution in [0.25, 0.3) is 11.4 Å². The number of anilines is 2. The highest BCUT2D eigenvalue weighted by atomic mass is 16.2. The molecule has 1 saturated heterocycles. The Labute approximate surface area is 165 Å². The van der Waals surface area contributed by atoms with E-state index in [1.165, 1.54) is 6.42 Å². The van der Waals surface area contributed by atoms with Crippen LogP contribution in [-0.4, -0.2) is 40.9 Å². The van der Waals surface area contributed by atoms with Crippen molar-refractivity contribution in [3.8, 4) is 11.4 Å². The maximum Gasteiger partial charge on any atom is 0.272 e. The Kier molecular flexibility index (Phi) is 5.33. The summed E-state index contributed by atoms with van der Waals surface area (Å²) in [6.07, 6.45) is 3.29. The molecule has 2 aromatic carbocycles. The molecular formula is C23H24N4O. The highest BCUT2D eigenvalue weighted by molar-refractivity contribution is 5.93. The van der Waals surface area contributed by atoms with Gasteiger partial charge in [0.1, 0.15) is 11.5 Å². The summed E-state index contributed by atoms with van der Waals surface area (Å²) in [6.45, 7) is 1.60. The van der Waals surface area contributed by atoms with Gasteiger partial charge in [0.25, 0.3) is 5.91 Å². The Bertz CT molecular complexity index is 937. The van der Waals surface area contributed by atoms with E-state index in [1.54, 1.807) is 6.07 Å². The summed E-state index contributed by atoms with van der Waals surface area (Å²) in [5.74, 6) is 1.27. The fourth-order valence-electron chi connectivity index (χ4n) is 3.48. The molecule has 5 heteroatoms. The van der Waals surface area contributed by atoms with Crippen molar-refractivity contribution in [3.05, 3.63) is 72.4 Å². The lowest BCUT2D eigenvalue weighted by Gasteiger charge is -2.27. The van der Waals surface area contributed by atoms with Gasteiger partial charge in [-0.25, -0.2) is 9.97 Å². The van der Waals surface area contributed by atoms with E-state index in [-0.39, 0.29) is 5.91 Å². The highest BCUT2D eigenvalue weighted by Crippen LogP contribution is 2.26. The van der Waals surface area contributed by atoms with E-state index in [0.717, 1.165) is 37.2 Å². The van der Waals surface area contributed by atoms with Crippen molar-refractivity contribution in [2.24, 2.45) is 0 Å². The van der Waals surface area contributed by atoms with Gasteiger partial charge in [0.05, 0.1) is 0 Å². The second-order valence-electron chi connectivity index (χ2n) is 7.05. The Morgan fingerprint density at radius 3 is 2.21 bits per heavy atom. The first-order valence-corrected chi connectivity index (χ1v) is 9.75. The molecule has 0 spiro atoms. The minimum absolute atomic E-state index is 0.0120. The molecule has 3 aromatic rings. The standard InChI is InChI=1S/C23H24N4O/c1-26(19-13-7-3-8-14-19)21-17-20(23(28)27-15-9-4-10-16-27)24-22(25-21)18-11-5-2-6-12-18/h2-3,5-8,11-14,17H,4,9-10,15-16H2,1H3. The lowest BCUT2D eigenvalue weighted by molar-refractivity contribution is 0.0718. The summed E-state index contributed by atoms with van der Waals surface area (Å²) >= 11 is 0. The summed E-state index contributed by atoms with van der Waals surface area (Å²) in [5.41, 5.74) is 2.36. The molecule has 28 heavy (non-hydrogen) atoms. The van der Waals surface area contributed by atoms with Crippen LogP contribution >= 0.6 is 0 Å². The molecule has 142 valence electrons. The van der Waals surface area contributed by atoms with Crippen molar-refractivity contribution in [1.82, 2.24) is 14.9 Å². The fraction of sp³-hybridized carbons (Fsp3) is 0.261. The van der Waals surface area contributed by atoms with Crippen LogP contribution in [0.15, 0.2) is 66.7 Å². The van der Waals surface area contributed by atoms with Crippen molar-refractivity contribution in [3.63, 3.8) is 0 Å². The molecule has 0 N–H and O–H groups in total. The minimum Gasteiger partial charge on any atom is -0.337 e. The third kappa shape index (κ3) is 3.88. The van der Waals surface area contributed by atoms with Crippen LogP contribution in [0.4, 0.5) is 11.5 Å². The van der Waals surface area contributed by atoms with Gasteiger partial charge in [0.2, 0.25) is 0 Å². The average molecular weight is 372 g/mol. The molecule has 2 heterocycles. The molecule has 0 radical (unpaired) electrons. The molecule has 0 bridgehead atoms. The normalized spacial score (nSPS) is 14.0. The molecule has 1 amide bonds. The van der Waals surface area contributed by atoms with Gasteiger partial charge < -0.3 is 9.80 Å². The number of piperidine rings is 1. The molecule has 1 fully saturated rings. The number of hydrogen-bond donors (Lipinski definition) is 0. The molecular weight excluding hydrogens is 348 g/mol. The molecule has 4 rings (SSSR count). The van der Waals surface area contributed by atoms with E-state index in [2.05, 4.69) is 4.98 Å². The van der Waals surface area contributed by atoms with Crippen molar-refractivity contribution < 1.29 is 4.79 Å². The number of carbonyl (C=O) groups excluding carboxylic acids is 1. The summed E-state index contributed by atoms with van der Waals surface area (Å²) in [6, 6.07) is 21.6. The zero-order valence-corrected chi connectivity index (χ0v) is 16.1. The molecule has 1 aromatic heterocycles. The first kappa shape index (κ1) is 18.2. The molecule has 0 aliphatic carbocycles. The van der Waals surface area contributed by atoms with Crippen LogP contribution in [0.1, 0.15) is 29.8 Å². The first-order valence-electron chi connectivity index (χ1n) is 9.75. The zero-order chi connectivity index (χ0) is 19.3. The number of likely N-dealkylation sites (tertiary alicyclic amines) is 1. The van der Waals surface area contributed by atoms with Gasteiger partial charge in [-0.1, -0.05) is 48.5 Å². The highest BCUT2D eigenvalue weighted by Gasteiger charge is 2.22. The van der Waals surface area contributed by atoms with E-state index >= 15 is 0 Å². The summed E-state index contributed by atoms with van der Waals surface area (Å²) in [4.78, 5) is 26.4. The van der Waals surface area contributed by atoms with E-state index in [9.17, 15) is 4.79 Å². The van der Waals surface area contributed by atoms with E-state index in [0.29, 0.717) is 17.3 Å². The number of carbonyl (C=O) groups is 1. The van der Waals surface area contributed by atoms with Gasteiger partial charge in [0, 0.05) is 37.5 Å². The summed E-state index contributed by atoms with van der Waals surface area (Å²) in [5, 5.41) is 0. The van der Waals surface area contributed by atoms with E-state index in [1.807, 2.05) is 77.5 Å². The topological polar surface area (TPSA) is 49.3 Å². The molecule has 1 aliphatic rings. The molecule has 0 atom stereocenters. The second kappa shape index (κ2) is 8.21. The third-order valence-corrected chi connectivity index (χ3v) is 5.09. The molecule has 0 unspecified atom stereocenters. The smallest absolute Gasteiger partial charge is 0.272 e. The predicted octanol–water partition coefficient (Wildman–Crippen LogP) is 4.54. The van der Waals surface area contributed by atoms with Crippen molar-refractivity contribution in [2.75, 3.05) is 25.0 Å². The van der Waals surface area contributed by atoms with Crippen LogP contribution < -0.4 is 4.90 Å². The average Bonchev–Trinajstić information content (AvgIpc) is 2.79. The molecule has 0 saturated carbocycles. The number of hydrogen-bond acceptors (Lipinski definition) is 4. The number of benzene rings is 2. The van der Waals surface area contributed by atoms with Crippen LogP contribution in [-0.2, 0) is 0 Å². The maximum absolute atomic E-state index is 13.1. The van der Waals surface area contributed by atoms with Crippen LogP contribution in [0.2, 0.25) is 0 Å². The lowest BCUT2D eigenvalue weighted by atomic mass is 10.1. The minimum atomic E-state index is -0.0120. The number of nitrogens with zero attached hydrogens (tertiary/aromatic N) is 4. The van der Waals surface area contributed by atoms with Gasteiger partial charge in [-0.3, -0.25) is 4.79 Å². The van der Waals surface area contributed by atoms with Gasteiger partial charge in [0.15, 0.2) is 5.82 Å². The number of amides is 1. The number of para-hydroxylation sites is 1. The summed E-state index contributed by atoms with van der Waals surface area (Å²) in [7, 11) is 1.96. The van der Waals surface area contributed by atoms with Gasteiger partial charge in [-0.05, 0) is 31.4 Å².